The Kier molecular flexibility index (Phi) is 4.45. The monoisotopic (exact) mass is 275 g/mol. The Hall–Kier alpha value is -1.52. The maximum Gasteiger partial charge on any atom is 0.252 e. The van der Waals surface area contributed by atoms with Gasteiger partial charge < -0.3 is 9.67 Å². The minimum Gasteiger partial charge on any atom is -0.395 e. The molecule has 0 fully saturated rings. The van der Waals surface area contributed by atoms with Crippen molar-refractivity contribution in [3.05, 3.63) is 52.3 Å². The second-order valence-corrected chi connectivity index (χ2v) is 5.24. The van der Waals surface area contributed by atoms with E-state index >= 15 is 0 Å². The minimum absolute atomic E-state index is 0.0443. The third-order valence-corrected chi connectivity index (χ3v) is 3.72. The Morgan fingerprint density at radius 1 is 1.21 bits per heavy atom. The molecule has 1 aromatic carbocycles. The predicted octanol–water partition coefficient (Wildman–Crippen LogP) is 2.54. The summed E-state index contributed by atoms with van der Waals surface area (Å²) in [7, 11) is 0. The zero-order valence-corrected chi connectivity index (χ0v) is 11.9. The Morgan fingerprint density at radius 3 is 2.47 bits per heavy atom. The summed E-state index contributed by atoms with van der Waals surface area (Å²) >= 11 is 1.55. The highest BCUT2D eigenvalue weighted by molar-refractivity contribution is 7.98. The van der Waals surface area contributed by atoms with Gasteiger partial charge in [-0.3, -0.25) is 4.79 Å². The van der Waals surface area contributed by atoms with Crippen LogP contribution in [0.3, 0.4) is 0 Å². The Labute approximate surface area is 116 Å². The van der Waals surface area contributed by atoms with Crippen LogP contribution in [0, 0.1) is 6.92 Å². The molecule has 0 saturated heterocycles. The SMILES string of the molecule is CSc1cc(-c2ccc(C)cc2)n(CCO)c(=O)c1. The smallest absolute Gasteiger partial charge is 0.252 e. The summed E-state index contributed by atoms with van der Waals surface area (Å²) in [6, 6.07) is 11.7. The lowest BCUT2D eigenvalue weighted by Gasteiger charge is -2.13. The molecule has 0 bridgehead atoms. The van der Waals surface area contributed by atoms with Crippen molar-refractivity contribution in [3.8, 4) is 11.3 Å². The van der Waals surface area contributed by atoms with Crippen molar-refractivity contribution in [2.45, 2.75) is 18.4 Å². The lowest BCUT2D eigenvalue weighted by Crippen LogP contribution is -2.22. The van der Waals surface area contributed by atoms with Gasteiger partial charge in [-0.2, -0.15) is 0 Å². The van der Waals surface area contributed by atoms with Gasteiger partial charge in [-0.1, -0.05) is 29.8 Å². The summed E-state index contributed by atoms with van der Waals surface area (Å²) in [5.41, 5.74) is 2.95. The molecule has 0 aliphatic heterocycles. The number of benzene rings is 1. The highest BCUT2D eigenvalue weighted by Gasteiger charge is 2.08. The summed E-state index contributed by atoms with van der Waals surface area (Å²) < 4.78 is 1.62. The van der Waals surface area contributed by atoms with E-state index in [1.54, 1.807) is 22.4 Å². The number of aliphatic hydroxyl groups is 1. The molecular formula is C15H17NO2S. The lowest BCUT2D eigenvalue weighted by atomic mass is 10.1. The lowest BCUT2D eigenvalue weighted by molar-refractivity contribution is 0.275. The molecule has 2 aromatic rings. The molecule has 3 nitrogen and oxygen atoms in total. The van der Waals surface area contributed by atoms with Gasteiger partial charge in [0.25, 0.3) is 5.56 Å². The number of pyridine rings is 1. The van der Waals surface area contributed by atoms with Gasteiger partial charge in [-0.05, 0) is 24.8 Å². The molecular weight excluding hydrogens is 258 g/mol. The van der Waals surface area contributed by atoms with Gasteiger partial charge in [0.1, 0.15) is 0 Å². The maximum atomic E-state index is 12.1. The Balaban J connectivity index is 2.61. The molecule has 100 valence electrons. The maximum absolute atomic E-state index is 12.1. The van der Waals surface area contributed by atoms with E-state index in [1.807, 2.05) is 43.5 Å². The number of hydrogen-bond acceptors (Lipinski definition) is 3. The molecule has 1 N–H and O–H groups in total. The van der Waals surface area contributed by atoms with Crippen molar-refractivity contribution in [2.75, 3.05) is 12.9 Å². The molecule has 0 atom stereocenters. The summed E-state index contributed by atoms with van der Waals surface area (Å²) in [6.45, 7) is 2.30. The summed E-state index contributed by atoms with van der Waals surface area (Å²) in [6.07, 6.45) is 1.95. The third-order valence-electron chi connectivity index (χ3n) is 3.01. The Bertz CT molecular complexity index is 617. The van der Waals surface area contributed by atoms with Gasteiger partial charge in [0, 0.05) is 17.5 Å². The average Bonchev–Trinajstić information content (AvgIpc) is 2.42. The average molecular weight is 275 g/mol. The van der Waals surface area contributed by atoms with Crippen LogP contribution in [-0.2, 0) is 6.54 Å². The van der Waals surface area contributed by atoms with Crippen LogP contribution in [0.2, 0.25) is 0 Å². The second kappa shape index (κ2) is 6.08. The number of rotatable bonds is 4. The second-order valence-electron chi connectivity index (χ2n) is 4.36. The number of nitrogens with zero attached hydrogens (tertiary/aromatic N) is 1. The van der Waals surface area contributed by atoms with E-state index in [1.165, 1.54) is 5.56 Å². The van der Waals surface area contributed by atoms with Crippen molar-refractivity contribution < 1.29 is 5.11 Å². The summed E-state index contributed by atoms with van der Waals surface area (Å²) in [5.74, 6) is 0. The van der Waals surface area contributed by atoms with Crippen molar-refractivity contribution in [1.82, 2.24) is 4.57 Å². The first-order valence-corrected chi connectivity index (χ1v) is 7.35. The van der Waals surface area contributed by atoms with Gasteiger partial charge in [0.15, 0.2) is 0 Å². The molecule has 0 aliphatic carbocycles. The largest absolute Gasteiger partial charge is 0.395 e. The fraction of sp³-hybridized carbons (Fsp3) is 0.267. The van der Waals surface area contributed by atoms with Crippen LogP contribution in [0.5, 0.6) is 0 Å². The molecule has 0 unspecified atom stereocenters. The van der Waals surface area contributed by atoms with Crippen molar-refractivity contribution in [2.24, 2.45) is 0 Å². The van der Waals surface area contributed by atoms with Crippen LogP contribution in [0.4, 0.5) is 0 Å². The molecule has 1 heterocycles. The standard InChI is InChI=1S/C15H17NO2S/c1-11-3-5-12(6-4-11)14-9-13(19-2)10-15(18)16(14)7-8-17/h3-6,9-10,17H,7-8H2,1-2H3. The first-order valence-electron chi connectivity index (χ1n) is 6.12. The fourth-order valence-electron chi connectivity index (χ4n) is 1.98. The van der Waals surface area contributed by atoms with Gasteiger partial charge in [-0.25, -0.2) is 0 Å². The van der Waals surface area contributed by atoms with Crippen LogP contribution >= 0.6 is 11.8 Å². The first-order chi connectivity index (χ1) is 9.15. The zero-order chi connectivity index (χ0) is 13.8. The molecule has 0 saturated carbocycles. The predicted molar refractivity (Wildman–Crippen MR) is 79.7 cm³/mol. The van der Waals surface area contributed by atoms with E-state index < -0.39 is 0 Å². The van der Waals surface area contributed by atoms with E-state index in [0.29, 0.717) is 6.54 Å². The Morgan fingerprint density at radius 2 is 1.89 bits per heavy atom. The van der Waals surface area contributed by atoms with Crippen LogP contribution in [0.1, 0.15) is 5.56 Å². The molecule has 0 spiro atoms. The molecule has 0 amide bonds. The van der Waals surface area contributed by atoms with E-state index in [9.17, 15) is 4.79 Å². The number of thioether (sulfide) groups is 1. The van der Waals surface area contributed by atoms with Gasteiger partial charge in [-0.15, -0.1) is 11.8 Å². The van der Waals surface area contributed by atoms with Crippen LogP contribution in [0.15, 0.2) is 46.1 Å². The molecule has 2 rings (SSSR count). The first kappa shape index (κ1) is 13.9. The number of aryl methyl sites for hydroxylation is 1. The normalized spacial score (nSPS) is 10.7. The van der Waals surface area contributed by atoms with Crippen molar-refractivity contribution in [1.29, 1.82) is 0 Å². The summed E-state index contributed by atoms with van der Waals surface area (Å²) in [5, 5.41) is 9.12. The van der Waals surface area contributed by atoms with Crippen molar-refractivity contribution >= 4 is 11.8 Å². The van der Waals surface area contributed by atoms with Gasteiger partial charge in [0.2, 0.25) is 0 Å². The third kappa shape index (κ3) is 3.08. The number of aromatic nitrogens is 1. The van der Waals surface area contributed by atoms with E-state index in [4.69, 9.17) is 5.11 Å². The highest BCUT2D eigenvalue weighted by Crippen LogP contribution is 2.23. The van der Waals surface area contributed by atoms with E-state index in [2.05, 4.69) is 0 Å². The molecule has 1 aromatic heterocycles. The van der Waals surface area contributed by atoms with Gasteiger partial charge >= 0.3 is 0 Å². The van der Waals surface area contributed by atoms with E-state index in [0.717, 1.165) is 16.2 Å². The molecule has 19 heavy (non-hydrogen) atoms. The van der Waals surface area contributed by atoms with Crippen LogP contribution in [0.25, 0.3) is 11.3 Å². The summed E-state index contributed by atoms with van der Waals surface area (Å²) in [4.78, 5) is 13.0. The molecule has 0 aliphatic rings. The minimum atomic E-state index is -0.0727. The quantitative estimate of drug-likeness (QED) is 0.872. The van der Waals surface area contributed by atoms with Crippen LogP contribution in [-0.4, -0.2) is 22.5 Å². The zero-order valence-electron chi connectivity index (χ0n) is 11.1. The van der Waals surface area contributed by atoms with Crippen molar-refractivity contribution in [3.63, 3.8) is 0 Å². The van der Waals surface area contributed by atoms with E-state index in [-0.39, 0.29) is 12.2 Å². The topological polar surface area (TPSA) is 42.2 Å². The molecule has 4 heteroatoms. The number of hydrogen-bond donors (Lipinski definition) is 1. The highest BCUT2D eigenvalue weighted by atomic mass is 32.2. The van der Waals surface area contributed by atoms with Crippen LogP contribution < -0.4 is 5.56 Å². The van der Waals surface area contributed by atoms with Gasteiger partial charge in [0.05, 0.1) is 12.3 Å². The fourth-order valence-corrected chi connectivity index (χ4v) is 2.43. The number of aliphatic hydroxyl groups excluding tert-OH is 1. The molecule has 0 radical (unpaired) electrons.